The summed E-state index contributed by atoms with van der Waals surface area (Å²) in [6.45, 7) is 6.08. The van der Waals surface area contributed by atoms with Gasteiger partial charge in [-0.3, -0.25) is 14.7 Å². The number of nitrogens with one attached hydrogen (secondary N) is 1. The highest BCUT2D eigenvalue weighted by Gasteiger charge is 2.71. The zero-order chi connectivity index (χ0) is 30.9. The number of hydrogen-bond acceptors (Lipinski definition) is 7. The van der Waals surface area contributed by atoms with Gasteiger partial charge in [0.05, 0.1) is 30.5 Å². The number of ether oxygens (including phenoxy) is 2. The molecule has 0 bridgehead atoms. The van der Waals surface area contributed by atoms with Gasteiger partial charge in [0.2, 0.25) is 5.91 Å². The van der Waals surface area contributed by atoms with Crippen molar-refractivity contribution in [1.82, 2.24) is 15.2 Å². The number of carbonyl (C=O) groups excluding carboxylic acids is 3. The number of alkyl halides is 2. The largest absolute Gasteiger partial charge is 0.444 e. The number of carbonyl (C=O) groups is 3. The maximum atomic E-state index is 15.2. The zero-order valence-corrected chi connectivity index (χ0v) is 23.8. The van der Waals surface area contributed by atoms with E-state index in [-0.39, 0.29) is 36.2 Å². The first-order chi connectivity index (χ1) is 20.2. The topological polar surface area (TPSA) is 125 Å². The van der Waals surface area contributed by atoms with E-state index in [1.165, 1.54) is 23.2 Å². The smallest absolute Gasteiger partial charge is 0.414 e. The normalized spacial score (nSPS) is 28.5. The number of aromatic nitrogens is 1. The van der Waals surface area contributed by atoms with Gasteiger partial charge < -0.3 is 19.7 Å². The Morgan fingerprint density at radius 3 is 2.44 bits per heavy atom. The lowest BCUT2D eigenvalue weighted by atomic mass is 9.95. The van der Waals surface area contributed by atoms with Crippen molar-refractivity contribution in [3.63, 3.8) is 0 Å². The first kappa shape index (κ1) is 28.8. The first-order valence-corrected chi connectivity index (χ1v) is 14.0. The molecule has 10 nitrogen and oxygen atoms in total. The Bertz CT molecular complexity index is 1520. The summed E-state index contributed by atoms with van der Waals surface area (Å²) in [5.74, 6) is -5.87. The van der Waals surface area contributed by atoms with Crippen LogP contribution >= 0.6 is 0 Å². The number of cyclic esters (lactones) is 1. The van der Waals surface area contributed by atoms with Crippen LogP contribution in [0.15, 0.2) is 36.5 Å². The van der Waals surface area contributed by atoms with E-state index in [1.807, 2.05) is 0 Å². The second kappa shape index (κ2) is 9.86. The van der Waals surface area contributed by atoms with Gasteiger partial charge in [-0.2, -0.15) is 5.26 Å². The van der Waals surface area contributed by atoms with Crippen LogP contribution in [0.5, 0.6) is 0 Å². The van der Waals surface area contributed by atoms with Crippen LogP contribution in [0.4, 0.5) is 28.4 Å². The monoisotopic (exact) mass is 597 g/mol. The van der Waals surface area contributed by atoms with Gasteiger partial charge in [0.25, 0.3) is 5.92 Å². The summed E-state index contributed by atoms with van der Waals surface area (Å²) in [5.41, 5.74) is 0.0945. The summed E-state index contributed by atoms with van der Waals surface area (Å²) >= 11 is 0. The molecule has 3 unspecified atom stereocenters. The number of rotatable bonds is 6. The summed E-state index contributed by atoms with van der Waals surface area (Å²) < 4.78 is 52.1. The third kappa shape index (κ3) is 5.13. The highest BCUT2D eigenvalue weighted by atomic mass is 19.3. The van der Waals surface area contributed by atoms with Crippen LogP contribution in [0.3, 0.4) is 0 Å². The molecule has 2 saturated heterocycles. The highest BCUT2D eigenvalue weighted by molar-refractivity contribution is 5.90. The van der Waals surface area contributed by atoms with Crippen LogP contribution in [0.2, 0.25) is 0 Å². The first-order valence-electron chi connectivity index (χ1n) is 14.0. The lowest BCUT2D eigenvalue weighted by molar-refractivity contribution is -0.124. The number of fused-ring (bicyclic) bond motifs is 1. The number of nitriles is 1. The van der Waals surface area contributed by atoms with Crippen molar-refractivity contribution in [2.24, 2.45) is 17.8 Å². The molecule has 6 rings (SSSR count). The van der Waals surface area contributed by atoms with Gasteiger partial charge in [-0.1, -0.05) is 6.07 Å². The highest BCUT2D eigenvalue weighted by Crippen LogP contribution is 2.63. The van der Waals surface area contributed by atoms with Gasteiger partial charge in [0, 0.05) is 48.7 Å². The molecule has 2 aliphatic heterocycles. The molecular formula is C30H30F3N5O5. The van der Waals surface area contributed by atoms with Crippen molar-refractivity contribution < 1.29 is 37.0 Å². The van der Waals surface area contributed by atoms with Crippen molar-refractivity contribution in [3.05, 3.63) is 48.0 Å². The Labute approximate surface area is 245 Å². The fraction of sp³-hybridized carbons (Fsp3) is 0.500. The van der Waals surface area contributed by atoms with Crippen LogP contribution in [0.1, 0.15) is 32.9 Å². The fourth-order valence-corrected chi connectivity index (χ4v) is 6.09. The summed E-state index contributed by atoms with van der Waals surface area (Å²) in [6.07, 6.45) is -0.906. The van der Waals surface area contributed by atoms with E-state index >= 15 is 4.39 Å². The lowest BCUT2D eigenvalue weighted by Crippen LogP contribution is -2.39. The summed E-state index contributed by atoms with van der Waals surface area (Å²) in [7, 11) is 0. The van der Waals surface area contributed by atoms with E-state index in [0.717, 1.165) is 0 Å². The lowest BCUT2D eigenvalue weighted by Gasteiger charge is -2.27. The molecule has 2 saturated carbocycles. The molecule has 4 atom stereocenters. The number of halogens is 3. The Morgan fingerprint density at radius 2 is 1.88 bits per heavy atom. The van der Waals surface area contributed by atoms with Crippen molar-refractivity contribution in [2.75, 3.05) is 31.1 Å². The minimum atomic E-state index is -2.99. The Hall–Kier alpha value is -4.34. The molecular weight excluding hydrogens is 567 g/mol. The van der Waals surface area contributed by atoms with Crippen molar-refractivity contribution >= 4 is 23.8 Å². The molecule has 0 spiro atoms. The number of hydrogen-bond donors (Lipinski definition) is 1. The second-order valence-electron chi connectivity index (χ2n) is 12.6. The minimum Gasteiger partial charge on any atom is -0.444 e. The molecule has 4 fully saturated rings. The van der Waals surface area contributed by atoms with Gasteiger partial charge >= 0.3 is 12.2 Å². The number of piperidine rings is 1. The van der Waals surface area contributed by atoms with E-state index < -0.39 is 59.3 Å². The number of anilines is 1. The van der Waals surface area contributed by atoms with E-state index in [2.05, 4.69) is 16.4 Å². The predicted molar refractivity (Wildman–Crippen MR) is 145 cm³/mol. The molecule has 1 aromatic carbocycles. The maximum absolute atomic E-state index is 15.2. The zero-order valence-electron chi connectivity index (χ0n) is 23.8. The summed E-state index contributed by atoms with van der Waals surface area (Å²) in [6, 6.07) is 10.0. The molecule has 3 amide bonds. The molecule has 0 radical (unpaired) electrons. The molecule has 2 aliphatic carbocycles. The standard InChI is InChI=1S/C30H30F3N5O5/c1-28(2,3)43-26(40)37-13-21-22(14-37)29(21,15-34)24-7-4-16(10-35-24)19-6-5-17(8-23(19)31)38-12-18(42-27(38)41)11-36-25(39)20-9-30(20,32)33/h4-8,10,18,20-22H,9,11-14H2,1-3H3,(H,36,39)/t18-,20?,21?,22?,29?/m0/s1. The fourth-order valence-electron chi connectivity index (χ4n) is 6.09. The number of benzene rings is 1. The van der Waals surface area contributed by atoms with Crippen LogP contribution in [0, 0.1) is 34.9 Å². The third-order valence-corrected chi connectivity index (χ3v) is 8.50. The average molecular weight is 598 g/mol. The Balaban J connectivity index is 1.08. The van der Waals surface area contributed by atoms with Crippen LogP contribution < -0.4 is 10.2 Å². The predicted octanol–water partition coefficient (Wildman–Crippen LogP) is 4.24. The Morgan fingerprint density at radius 1 is 1.19 bits per heavy atom. The van der Waals surface area contributed by atoms with Crippen molar-refractivity contribution in [3.8, 4) is 17.2 Å². The third-order valence-electron chi connectivity index (χ3n) is 8.50. The average Bonchev–Trinajstić information content (AvgIpc) is 3.57. The molecule has 43 heavy (non-hydrogen) atoms. The van der Waals surface area contributed by atoms with E-state index in [9.17, 15) is 28.4 Å². The van der Waals surface area contributed by atoms with Crippen molar-refractivity contribution in [2.45, 2.75) is 50.2 Å². The van der Waals surface area contributed by atoms with E-state index in [1.54, 1.807) is 43.9 Å². The van der Waals surface area contributed by atoms with E-state index in [4.69, 9.17) is 9.47 Å². The minimum absolute atomic E-state index is 0.0130. The van der Waals surface area contributed by atoms with Crippen molar-refractivity contribution in [1.29, 1.82) is 5.26 Å². The molecule has 13 heteroatoms. The quantitative estimate of drug-likeness (QED) is 0.528. The summed E-state index contributed by atoms with van der Waals surface area (Å²) in [4.78, 5) is 44.0. The SMILES string of the molecule is CC(C)(C)OC(=O)N1CC2C(C1)C2(C#N)c1ccc(-c2ccc(N3C[C@H](CNC(=O)C4CC4(F)F)OC3=O)cc2F)cn1. The molecule has 1 N–H and O–H groups in total. The molecule has 1 aromatic heterocycles. The van der Waals surface area contributed by atoms with Crippen LogP contribution in [-0.4, -0.2) is 71.8 Å². The molecule has 4 aliphatic rings. The number of pyridine rings is 1. The number of nitrogens with zero attached hydrogens (tertiary/aromatic N) is 4. The van der Waals surface area contributed by atoms with Gasteiger partial charge in [-0.05, 0) is 45.0 Å². The van der Waals surface area contributed by atoms with E-state index in [0.29, 0.717) is 24.3 Å². The van der Waals surface area contributed by atoms with Gasteiger partial charge in [0.15, 0.2) is 0 Å². The molecule has 226 valence electrons. The molecule has 3 heterocycles. The number of amides is 3. The number of likely N-dealkylation sites (tertiary alicyclic amines) is 1. The van der Waals surface area contributed by atoms with Gasteiger partial charge in [-0.25, -0.2) is 22.8 Å². The second-order valence-corrected chi connectivity index (χ2v) is 12.6. The van der Waals surface area contributed by atoms with Crippen LogP contribution in [-0.2, 0) is 19.7 Å². The molecule has 2 aromatic rings. The maximum Gasteiger partial charge on any atom is 0.414 e. The van der Waals surface area contributed by atoms with Gasteiger partial charge in [0.1, 0.15) is 28.9 Å². The van der Waals surface area contributed by atoms with Gasteiger partial charge in [-0.15, -0.1) is 0 Å². The summed E-state index contributed by atoms with van der Waals surface area (Å²) in [5, 5.41) is 12.4. The van der Waals surface area contributed by atoms with Crippen LogP contribution in [0.25, 0.3) is 11.1 Å². The Kier molecular flexibility index (Phi) is 6.59.